The van der Waals surface area contributed by atoms with E-state index < -0.39 is 12.1 Å². The monoisotopic (exact) mass is 160 g/mol. The third kappa shape index (κ3) is 3.19. The number of hydrogen-bond acceptors (Lipinski definition) is 3. The minimum Gasteiger partial charge on any atom is -0.479 e. The molecule has 0 rings (SSSR count). The predicted molar refractivity (Wildman–Crippen MR) is 41.0 cm³/mol. The van der Waals surface area contributed by atoms with E-state index in [9.17, 15) is 4.79 Å². The quantitative estimate of drug-likeness (QED) is 0.494. The lowest BCUT2D eigenvalue weighted by atomic mass is 10.4. The Morgan fingerprint density at radius 3 is 2.70 bits per heavy atom. The molecule has 10 heavy (non-hydrogen) atoms. The van der Waals surface area contributed by atoms with Gasteiger partial charge in [0.15, 0.2) is 11.2 Å². The minimum absolute atomic E-state index is 0.106. The highest BCUT2D eigenvalue weighted by Crippen LogP contribution is 1.93. The lowest BCUT2D eigenvalue weighted by Gasteiger charge is -2.06. The maximum Gasteiger partial charge on any atom is 0.344 e. The Balaban J connectivity index is 3.79. The maximum absolute atomic E-state index is 10.1. The molecule has 56 valence electrons. The molecule has 1 unspecified atom stereocenters. The predicted octanol–water partition coefficient (Wildman–Crippen LogP) is 0.990. The van der Waals surface area contributed by atoms with Crippen molar-refractivity contribution in [1.82, 2.24) is 0 Å². The third-order valence-electron chi connectivity index (χ3n) is 0.807. The SMILES string of the molecule is C=CC(=S)OC(C)C(=O)O. The lowest BCUT2D eigenvalue weighted by Crippen LogP contribution is -2.21. The zero-order valence-electron chi connectivity index (χ0n) is 5.53. The van der Waals surface area contributed by atoms with Crippen LogP contribution in [0, 0.1) is 0 Å². The summed E-state index contributed by atoms with van der Waals surface area (Å²) < 4.78 is 4.67. The standard InChI is InChI=1S/C6H8O3S/c1-3-5(10)9-4(2)6(7)8/h3-4H,1H2,2H3,(H,7,8). The van der Waals surface area contributed by atoms with Gasteiger partial charge in [-0.2, -0.15) is 0 Å². The summed E-state index contributed by atoms with van der Waals surface area (Å²) in [6, 6.07) is 0. The van der Waals surface area contributed by atoms with E-state index in [0.29, 0.717) is 0 Å². The van der Waals surface area contributed by atoms with Crippen LogP contribution in [-0.4, -0.2) is 22.2 Å². The van der Waals surface area contributed by atoms with E-state index in [2.05, 4.69) is 23.5 Å². The number of carboxylic acids is 1. The Hall–Kier alpha value is -0.900. The lowest BCUT2D eigenvalue weighted by molar-refractivity contribution is -0.144. The molecular formula is C6H8O3S. The largest absolute Gasteiger partial charge is 0.479 e. The number of ether oxygens (including phenoxy) is 1. The van der Waals surface area contributed by atoms with E-state index >= 15 is 0 Å². The second kappa shape index (κ2) is 4.00. The van der Waals surface area contributed by atoms with Crippen LogP contribution in [0.4, 0.5) is 0 Å². The maximum atomic E-state index is 10.1. The van der Waals surface area contributed by atoms with Crippen LogP contribution < -0.4 is 0 Å². The average Bonchev–Trinajstić information content (AvgIpc) is 1.87. The molecule has 0 amide bonds. The van der Waals surface area contributed by atoms with Crippen LogP contribution in [-0.2, 0) is 9.53 Å². The molecule has 0 saturated carbocycles. The number of aliphatic carboxylic acids is 1. The van der Waals surface area contributed by atoms with Gasteiger partial charge in [-0.3, -0.25) is 0 Å². The second-order valence-electron chi connectivity index (χ2n) is 1.62. The van der Waals surface area contributed by atoms with Crippen molar-refractivity contribution >= 4 is 23.2 Å². The molecule has 0 aliphatic heterocycles. The highest BCUT2D eigenvalue weighted by Gasteiger charge is 2.11. The summed E-state index contributed by atoms with van der Waals surface area (Å²) in [4.78, 5) is 10.1. The van der Waals surface area contributed by atoms with Crippen LogP contribution in [0.2, 0.25) is 0 Å². The molecule has 0 spiro atoms. The second-order valence-corrected chi connectivity index (χ2v) is 2.02. The molecule has 0 saturated heterocycles. The first kappa shape index (κ1) is 9.10. The Kier molecular flexibility index (Phi) is 3.64. The van der Waals surface area contributed by atoms with Gasteiger partial charge >= 0.3 is 5.97 Å². The molecule has 1 N–H and O–H groups in total. The summed E-state index contributed by atoms with van der Waals surface area (Å²) in [5.74, 6) is -1.04. The Morgan fingerprint density at radius 1 is 1.90 bits per heavy atom. The van der Waals surface area contributed by atoms with Gasteiger partial charge in [-0.05, 0) is 25.2 Å². The summed E-state index contributed by atoms with van der Waals surface area (Å²) >= 11 is 4.55. The fourth-order valence-corrected chi connectivity index (χ4v) is 0.417. The number of hydrogen-bond donors (Lipinski definition) is 1. The van der Waals surface area contributed by atoms with Gasteiger partial charge in [-0.25, -0.2) is 4.79 Å². The fourth-order valence-electron chi connectivity index (χ4n) is 0.273. The van der Waals surface area contributed by atoms with Crippen molar-refractivity contribution in [3.63, 3.8) is 0 Å². The summed E-state index contributed by atoms with van der Waals surface area (Å²) in [5, 5.41) is 8.41. The highest BCUT2D eigenvalue weighted by atomic mass is 32.1. The van der Waals surface area contributed by atoms with E-state index in [-0.39, 0.29) is 5.05 Å². The van der Waals surface area contributed by atoms with Crippen molar-refractivity contribution in [2.24, 2.45) is 0 Å². The summed E-state index contributed by atoms with van der Waals surface area (Å²) in [6.07, 6.45) is 0.389. The molecule has 0 aromatic heterocycles. The first-order valence-corrected chi connectivity index (χ1v) is 3.04. The molecule has 0 aromatic rings. The highest BCUT2D eigenvalue weighted by molar-refractivity contribution is 7.80. The molecule has 4 heteroatoms. The van der Waals surface area contributed by atoms with Crippen molar-refractivity contribution in [3.8, 4) is 0 Å². The first-order chi connectivity index (χ1) is 4.57. The van der Waals surface area contributed by atoms with Gasteiger partial charge in [-0.1, -0.05) is 6.58 Å². The average molecular weight is 160 g/mol. The zero-order chi connectivity index (χ0) is 8.15. The van der Waals surface area contributed by atoms with Crippen molar-refractivity contribution in [2.75, 3.05) is 0 Å². The van der Waals surface area contributed by atoms with Gasteiger partial charge < -0.3 is 9.84 Å². The molecule has 1 atom stereocenters. The topological polar surface area (TPSA) is 46.5 Å². The van der Waals surface area contributed by atoms with Crippen LogP contribution in [0.25, 0.3) is 0 Å². The molecule has 0 aromatic carbocycles. The molecule has 3 nitrogen and oxygen atoms in total. The van der Waals surface area contributed by atoms with Gasteiger partial charge in [0.2, 0.25) is 0 Å². The van der Waals surface area contributed by atoms with Gasteiger partial charge in [0.1, 0.15) is 0 Å². The Morgan fingerprint density at radius 2 is 2.40 bits per heavy atom. The summed E-state index contributed by atoms with van der Waals surface area (Å²) in [6.45, 7) is 4.71. The zero-order valence-corrected chi connectivity index (χ0v) is 6.35. The van der Waals surface area contributed by atoms with Crippen molar-refractivity contribution in [1.29, 1.82) is 0 Å². The fraction of sp³-hybridized carbons (Fsp3) is 0.333. The van der Waals surface area contributed by atoms with Crippen LogP contribution in [0.3, 0.4) is 0 Å². The molecular weight excluding hydrogens is 152 g/mol. The molecule has 0 aliphatic rings. The molecule has 0 aliphatic carbocycles. The summed E-state index contributed by atoms with van der Waals surface area (Å²) in [7, 11) is 0. The first-order valence-electron chi connectivity index (χ1n) is 2.63. The summed E-state index contributed by atoms with van der Waals surface area (Å²) in [5.41, 5.74) is 0. The number of rotatable bonds is 3. The van der Waals surface area contributed by atoms with Crippen LogP contribution in [0.15, 0.2) is 12.7 Å². The van der Waals surface area contributed by atoms with E-state index in [1.165, 1.54) is 13.0 Å². The van der Waals surface area contributed by atoms with Crippen molar-refractivity contribution in [2.45, 2.75) is 13.0 Å². The van der Waals surface area contributed by atoms with Crippen molar-refractivity contribution in [3.05, 3.63) is 12.7 Å². The van der Waals surface area contributed by atoms with E-state index in [0.717, 1.165) is 0 Å². The Bertz CT molecular complexity index is 164. The molecule has 0 fully saturated rings. The van der Waals surface area contributed by atoms with E-state index in [4.69, 9.17) is 5.11 Å². The van der Waals surface area contributed by atoms with Gasteiger partial charge in [0, 0.05) is 0 Å². The van der Waals surface area contributed by atoms with Crippen molar-refractivity contribution < 1.29 is 14.6 Å². The van der Waals surface area contributed by atoms with Crippen LogP contribution in [0.1, 0.15) is 6.92 Å². The molecule has 0 bridgehead atoms. The number of carbonyl (C=O) groups is 1. The molecule has 0 heterocycles. The van der Waals surface area contributed by atoms with Gasteiger partial charge in [-0.15, -0.1) is 0 Å². The van der Waals surface area contributed by atoms with Gasteiger partial charge in [0.25, 0.3) is 0 Å². The van der Waals surface area contributed by atoms with E-state index in [1.807, 2.05) is 0 Å². The van der Waals surface area contributed by atoms with Crippen LogP contribution >= 0.6 is 12.2 Å². The number of thiocarbonyl (C=S) groups is 1. The van der Waals surface area contributed by atoms with Crippen LogP contribution in [0.5, 0.6) is 0 Å². The Labute approximate surface area is 64.3 Å². The minimum atomic E-state index is -1.04. The normalized spacial score (nSPS) is 11.7. The third-order valence-corrected chi connectivity index (χ3v) is 1.07. The number of carboxylic acid groups (broad SMARTS) is 1. The smallest absolute Gasteiger partial charge is 0.344 e. The molecule has 0 radical (unpaired) electrons. The van der Waals surface area contributed by atoms with E-state index in [1.54, 1.807) is 0 Å². The van der Waals surface area contributed by atoms with Gasteiger partial charge in [0.05, 0.1) is 0 Å².